The molecule has 0 unspecified atom stereocenters. The first-order valence-electron chi connectivity index (χ1n) is 4.52. The second-order valence-electron chi connectivity index (χ2n) is 3.35. The van der Waals surface area contributed by atoms with Gasteiger partial charge in [0, 0.05) is 5.56 Å². The van der Waals surface area contributed by atoms with Crippen LogP contribution >= 0.6 is 0 Å². The molecule has 19 heavy (non-hydrogen) atoms. The van der Waals surface area contributed by atoms with E-state index in [1.807, 2.05) is 0 Å². The van der Waals surface area contributed by atoms with E-state index < -0.39 is 34.4 Å². The van der Waals surface area contributed by atoms with Crippen LogP contribution in [0.1, 0.15) is 22.3 Å². The molecule has 0 aliphatic heterocycles. The minimum absolute atomic E-state index is 0.213. The molecule has 0 N–H and O–H groups in total. The fourth-order valence-electron chi connectivity index (χ4n) is 1.29. The lowest BCUT2D eigenvalue weighted by molar-refractivity contribution is -0.289. The maximum atomic E-state index is 13.2. The Morgan fingerprint density at radius 1 is 0.737 bits per heavy atom. The molecule has 8 heteroatoms. The third kappa shape index (κ3) is 2.31. The molecular formula is C11H2F5N3. The smallest absolute Gasteiger partial charge is 0.192 e. The van der Waals surface area contributed by atoms with Crippen molar-refractivity contribution < 1.29 is 22.0 Å². The molecule has 0 aliphatic rings. The molecule has 0 saturated carbocycles. The van der Waals surface area contributed by atoms with Crippen LogP contribution in [-0.2, 0) is 5.92 Å². The van der Waals surface area contributed by atoms with E-state index in [0.29, 0.717) is 6.07 Å². The average Bonchev–Trinajstić information content (AvgIpc) is 2.35. The van der Waals surface area contributed by atoms with Gasteiger partial charge in [-0.1, -0.05) is 0 Å². The van der Waals surface area contributed by atoms with E-state index in [-0.39, 0.29) is 6.07 Å². The minimum atomic E-state index is -5.90. The SMILES string of the molecule is N#Cc1cc(C#N)c(C(F)(F)C(F)(F)F)cc1C#N. The molecule has 0 bridgehead atoms. The Hall–Kier alpha value is -2.66. The zero-order chi connectivity index (χ0) is 14.8. The van der Waals surface area contributed by atoms with Gasteiger partial charge in [-0.2, -0.15) is 37.7 Å². The lowest BCUT2D eigenvalue weighted by Crippen LogP contribution is -2.34. The number of nitrogens with zero attached hydrogens (tertiary/aromatic N) is 3. The van der Waals surface area contributed by atoms with Crippen molar-refractivity contribution in [3.63, 3.8) is 0 Å². The van der Waals surface area contributed by atoms with Crippen LogP contribution < -0.4 is 0 Å². The van der Waals surface area contributed by atoms with Gasteiger partial charge in [0.25, 0.3) is 0 Å². The normalized spacial score (nSPS) is 11.3. The van der Waals surface area contributed by atoms with Gasteiger partial charge in [-0.3, -0.25) is 0 Å². The van der Waals surface area contributed by atoms with Gasteiger partial charge >= 0.3 is 12.1 Å². The van der Waals surface area contributed by atoms with Crippen molar-refractivity contribution in [2.24, 2.45) is 0 Å². The summed E-state index contributed by atoms with van der Waals surface area (Å²) in [6.45, 7) is 0. The van der Waals surface area contributed by atoms with E-state index in [1.54, 1.807) is 0 Å². The van der Waals surface area contributed by atoms with Crippen LogP contribution in [0.25, 0.3) is 0 Å². The second kappa shape index (κ2) is 4.55. The van der Waals surface area contributed by atoms with E-state index >= 15 is 0 Å². The number of alkyl halides is 5. The molecule has 1 aromatic rings. The molecule has 0 amide bonds. The Bertz CT molecular complexity index is 641. The maximum Gasteiger partial charge on any atom is 0.458 e. The maximum absolute atomic E-state index is 13.2. The summed E-state index contributed by atoms with van der Waals surface area (Å²) < 4.78 is 63.1. The topological polar surface area (TPSA) is 71.4 Å². The van der Waals surface area contributed by atoms with E-state index in [4.69, 9.17) is 15.8 Å². The number of rotatable bonds is 1. The number of hydrogen-bond donors (Lipinski definition) is 0. The summed E-state index contributed by atoms with van der Waals surface area (Å²) in [4.78, 5) is 0. The molecule has 0 heterocycles. The first-order chi connectivity index (χ1) is 8.68. The monoisotopic (exact) mass is 271 g/mol. The molecule has 0 aliphatic carbocycles. The van der Waals surface area contributed by atoms with Crippen LogP contribution in [0.3, 0.4) is 0 Å². The Labute approximate surface area is 103 Å². The number of benzene rings is 1. The number of hydrogen-bond acceptors (Lipinski definition) is 3. The Balaban J connectivity index is 3.69. The van der Waals surface area contributed by atoms with Gasteiger partial charge in [-0.15, -0.1) is 0 Å². The number of halogens is 5. The Kier molecular flexibility index (Phi) is 3.45. The molecule has 96 valence electrons. The van der Waals surface area contributed by atoms with Crippen molar-refractivity contribution in [2.75, 3.05) is 0 Å². The van der Waals surface area contributed by atoms with Gasteiger partial charge in [-0.05, 0) is 12.1 Å². The molecule has 0 aromatic heterocycles. The summed E-state index contributed by atoms with van der Waals surface area (Å²) >= 11 is 0. The van der Waals surface area contributed by atoms with Crippen LogP contribution in [0.4, 0.5) is 22.0 Å². The van der Waals surface area contributed by atoms with Crippen molar-refractivity contribution in [1.82, 2.24) is 0 Å². The predicted octanol–water partition coefficient (Wildman–Crippen LogP) is 2.96. The molecule has 3 nitrogen and oxygen atoms in total. The molecule has 0 spiro atoms. The lowest BCUT2D eigenvalue weighted by Gasteiger charge is -2.21. The van der Waals surface area contributed by atoms with Crippen LogP contribution in [-0.4, -0.2) is 6.18 Å². The van der Waals surface area contributed by atoms with Gasteiger partial charge < -0.3 is 0 Å². The molecule has 0 radical (unpaired) electrons. The van der Waals surface area contributed by atoms with E-state index in [1.165, 1.54) is 12.1 Å². The second-order valence-corrected chi connectivity index (χ2v) is 3.35. The van der Waals surface area contributed by atoms with Crippen molar-refractivity contribution in [1.29, 1.82) is 15.8 Å². The molecule has 0 atom stereocenters. The highest BCUT2D eigenvalue weighted by Crippen LogP contribution is 2.45. The van der Waals surface area contributed by atoms with Gasteiger partial charge in [0.05, 0.1) is 22.8 Å². The third-order valence-corrected chi connectivity index (χ3v) is 2.21. The van der Waals surface area contributed by atoms with Crippen LogP contribution in [0.5, 0.6) is 0 Å². The van der Waals surface area contributed by atoms with Gasteiger partial charge in [0.1, 0.15) is 12.1 Å². The highest BCUT2D eigenvalue weighted by molar-refractivity contribution is 5.55. The molecule has 1 rings (SSSR count). The lowest BCUT2D eigenvalue weighted by atomic mass is 9.95. The van der Waals surface area contributed by atoms with Gasteiger partial charge in [0.15, 0.2) is 0 Å². The summed E-state index contributed by atoms with van der Waals surface area (Å²) in [6.07, 6.45) is -5.90. The molecule has 0 fully saturated rings. The van der Waals surface area contributed by atoms with Crippen molar-refractivity contribution in [3.05, 3.63) is 34.4 Å². The summed E-state index contributed by atoms with van der Waals surface area (Å²) in [6, 6.07) is 4.68. The van der Waals surface area contributed by atoms with Gasteiger partial charge in [-0.25, -0.2) is 0 Å². The largest absolute Gasteiger partial charge is 0.458 e. The van der Waals surface area contributed by atoms with Gasteiger partial charge in [0.2, 0.25) is 0 Å². The highest BCUT2D eigenvalue weighted by Gasteiger charge is 2.59. The zero-order valence-corrected chi connectivity index (χ0v) is 8.89. The van der Waals surface area contributed by atoms with Crippen molar-refractivity contribution in [2.45, 2.75) is 12.1 Å². The fourth-order valence-corrected chi connectivity index (χ4v) is 1.29. The summed E-state index contributed by atoms with van der Waals surface area (Å²) in [5.41, 5.74) is -3.74. The third-order valence-electron chi connectivity index (χ3n) is 2.21. The molecule has 0 saturated heterocycles. The zero-order valence-electron chi connectivity index (χ0n) is 8.89. The average molecular weight is 271 g/mol. The first kappa shape index (κ1) is 14.4. The summed E-state index contributed by atoms with van der Waals surface area (Å²) in [5.74, 6) is -5.28. The van der Waals surface area contributed by atoms with E-state index in [2.05, 4.69) is 0 Å². The summed E-state index contributed by atoms with van der Waals surface area (Å²) in [7, 11) is 0. The Morgan fingerprint density at radius 3 is 1.53 bits per heavy atom. The first-order valence-corrected chi connectivity index (χ1v) is 4.52. The predicted molar refractivity (Wildman–Crippen MR) is 50.5 cm³/mol. The quantitative estimate of drug-likeness (QED) is 0.737. The van der Waals surface area contributed by atoms with Crippen LogP contribution in [0, 0.1) is 34.0 Å². The van der Waals surface area contributed by atoms with Crippen molar-refractivity contribution >= 4 is 0 Å². The minimum Gasteiger partial charge on any atom is -0.192 e. The van der Waals surface area contributed by atoms with E-state index in [9.17, 15) is 22.0 Å². The molecule has 1 aromatic carbocycles. The number of nitriles is 3. The Morgan fingerprint density at radius 2 is 1.16 bits per heavy atom. The fraction of sp³-hybridized carbons (Fsp3) is 0.182. The van der Waals surface area contributed by atoms with Crippen LogP contribution in [0.2, 0.25) is 0 Å². The van der Waals surface area contributed by atoms with Crippen LogP contribution in [0.15, 0.2) is 12.1 Å². The summed E-state index contributed by atoms with van der Waals surface area (Å²) in [5, 5.41) is 25.8. The van der Waals surface area contributed by atoms with Crippen molar-refractivity contribution in [3.8, 4) is 18.2 Å². The molecular weight excluding hydrogens is 269 g/mol. The highest BCUT2D eigenvalue weighted by atomic mass is 19.4. The van der Waals surface area contributed by atoms with E-state index in [0.717, 1.165) is 6.07 Å². The standard InChI is InChI=1S/C11H2F5N3/c12-10(13,11(14,15)16)9-2-7(4-18)6(3-17)1-8(9)5-19/h1-2H.